The Hall–Kier alpha value is -3.63. The fourth-order valence-electron chi connectivity index (χ4n) is 4.49. The number of nitriles is 1. The number of rotatable bonds is 5. The van der Waals surface area contributed by atoms with Gasteiger partial charge in [0, 0.05) is 17.8 Å². The Bertz CT molecular complexity index is 1210. The van der Waals surface area contributed by atoms with Gasteiger partial charge in [-0.05, 0) is 68.2 Å². The third kappa shape index (κ3) is 4.76. The highest BCUT2D eigenvalue weighted by atomic mass is 16.6. The molecule has 0 atom stereocenters. The summed E-state index contributed by atoms with van der Waals surface area (Å²) in [6, 6.07) is 17.4. The largest absolute Gasteiger partial charge is 0.486 e. The quantitative estimate of drug-likeness (QED) is 0.647. The van der Waals surface area contributed by atoms with Gasteiger partial charge in [0.2, 0.25) is 5.91 Å². The van der Waals surface area contributed by atoms with Crippen LogP contribution in [-0.2, 0) is 11.2 Å². The first kappa shape index (κ1) is 21.2. The van der Waals surface area contributed by atoms with Crippen molar-refractivity contribution in [1.29, 1.82) is 5.26 Å². The average molecular weight is 443 g/mol. The second kappa shape index (κ2) is 9.47. The van der Waals surface area contributed by atoms with Crippen LogP contribution in [0.5, 0.6) is 11.5 Å². The molecule has 0 saturated carbocycles. The van der Waals surface area contributed by atoms with E-state index in [4.69, 9.17) is 14.7 Å². The minimum Gasteiger partial charge on any atom is -0.486 e. The van der Waals surface area contributed by atoms with E-state index in [-0.39, 0.29) is 11.8 Å². The minimum atomic E-state index is -0.0232. The fraction of sp³-hybridized carbons (Fsp3) is 0.346. The highest BCUT2D eigenvalue weighted by molar-refractivity contribution is 6.01. The van der Waals surface area contributed by atoms with E-state index in [0.717, 1.165) is 55.8 Å². The number of nitrogens with zero attached hydrogens (tertiary/aromatic N) is 3. The number of piperidine rings is 1. The molecule has 0 aliphatic carbocycles. The Morgan fingerprint density at radius 1 is 1.09 bits per heavy atom. The van der Waals surface area contributed by atoms with Crippen LogP contribution in [0.2, 0.25) is 0 Å². The Morgan fingerprint density at radius 2 is 1.91 bits per heavy atom. The molecule has 2 aromatic carbocycles. The lowest BCUT2D eigenvalue weighted by Crippen LogP contribution is -2.39. The van der Waals surface area contributed by atoms with Gasteiger partial charge in [-0.3, -0.25) is 4.79 Å². The number of amides is 1. The standard InChI is InChI=1S/C26H26N4O3/c27-17-21-6-5-19-2-1-3-22(25(19)28-21)29-26(31)20-9-12-30(13-10-20)11-8-18-4-7-23-24(16-18)33-15-14-32-23/h1-7,16,20H,8-15H2,(H,29,31). The van der Waals surface area contributed by atoms with E-state index >= 15 is 0 Å². The molecule has 5 rings (SSSR count). The van der Waals surface area contributed by atoms with Crippen molar-refractivity contribution in [1.82, 2.24) is 9.88 Å². The van der Waals surface area contributed by atoms with Crippen molar-refractivity contribution in [2.75, 3.05) is 38.2 Å². The van der Waals surface area contributed by atoms with Gasteiger partial charge in [0.05, 0.1) is 11.2 Å². The van der Waals surface area contributed by atoms with Gasteiger partial charge in [0.15, 0.2) is 11.5 Å². The molecule has 168 valence electrons. The first-order valence-electron chi connectivity index (χ1n) is 11.4. The monoisotopic (exact) mass is 442 g/mol. The Balaban J connectivity index is 1.15. The molecule has 1 amide bonds. The van der Waals surface area contributed by atoms with E-state index in [9.17, 15) is 4.79 Å². The van der Waals surface area contributed by atoms with Crippen molar-refractivity contribution < 1.29 is 14.3 Å². The normalized spacial score (nSPS) is 16.3. The topological polar surface area (TPSA) is 87.5 Å². The molecule has 33 heavy (non-hydrogen) atoms. The summed E-state index contributed by atoms with van der Waals surface area (Å²) in [5.41, 5.74) is 2.90. The summed E-state index contributed by atoms with van der Waals surface area (Å²) in [5.74, 6) is 1.66. The molecule has 0 radical (unpaired) electrons. The molecule has 2 aliphatic heterocycles. The molecule has 1 saturated heterocycles. The summed E-state index contributed by atoms with van der Waals surface area (Å²) in [6.45, 7) is 3.95. The molecular formula is C26H26N4O3. The zero-order chi connectivity index (χ0) is 22.6. The first-order chi connectivity index (χ1) is 16.2. The maximum Gasteiger partial charge on any atom is 0.227 e. The molecule has 0 bridgehead atoms. The molecule has 0 spiro atoms. The summed E-state index contributed by atoms with van der Waals surface area (Å²) in [7, 11) is 0. The molecule has 1 fully saturated rings. The highest BCUT2D eigenvalue weighted by Gasteiger charge is 2.25. The van der Waals surface area contributed by atoms with Crippen LogP contribution in [0.3, 0.4) is 0 Å². The van der Waals surface area contributed by atoms with E-state index in [1.165, 1.54) is 5.56 Å². The molecule has 1 aromatic heterocycles. The number of nitrogens with one attached hydrogen (secondary N) is 1. The number of pyridine rings is 1. The Kier molecular flexibility index (Phi) is 6.09. The van der Waals surface area contributed by atoms with Crippen molar-refractivity contribution in [2.24, 2.45) is 5.92 Å². The number of carbonyl (C=O) groups excluding carboxylic acids is 1. The second-order valence-electron chi connectivity index (χ2n) is 8.52. The van der Waals surface area contributed by atoms with Crippen LogP contribution in [0.1, 0.15) is 24.1 Å². The number of carbonyl (C=O) groups is 1. The summed E-state index contributed by atoms with van der Waals surface area (Å²) < 4.78 is 11.3. The van der Waals surface area contributed by atoms with Crippen LogP contribution in [0.15, 0.2) is 48.5 Å². The van der Waals surface area contributed by atoms with Gasteiger partial charge in [0.1, 0.15) is 25.0 Å². The summed E-state index contributed by atoms with van der Waals surface area (Å²) in [5, 5.41) is 13.1. The van der Waals surface area contributed by atoms with E-state index in [2.05, 4.69) is 33.4 Å². The predicted octanol–water partition coefficient (Wildman–Crippen LogP) is 3.77. The molecule has 1 N–H and O–H groups in total. The lowest BCUT2D eigenvalue weighted by Gasteiger charge is -2.31. The summed E-state index contributed by atoms with van der Waals surface area (Å²) in [4.78, 5) is 19.7. The smallest absolute Gasteiger partial charge is 0.227 e. The molecule has 7 heteroatoms. The van der Waals surface area contributed by atoms with Gasteiger partial charge in [-0.2, -0.15) is 5.26 Å². The molecule has 3 heterocycles. The molecular weight excluding hydrogens is 416 g/mol. The maximum atomic E-state index is 12.9. The number of fused-ring (bicyclic) bond motifs is 2. The zero-order valence-electron chi connectivity index (χ0n) is 18.4. The zero-order valence-corrected chi connectivity index (χ0v) is 18.4. The van der Waals surface area contributed by atoms with E-state index in [1.54, 1.807) is 6.07 Å². The Morgan fingerprint density at radius 3 is 2.73 bits per heavy atom. The van der Waals surface area contributed by atoms with Crippen molar-refractivity contribution in [3.05, 3.63) is 59.8 Å². The Labute approximate surface area is 192 Å². The van der Waals surface area contributed by atoms with Crippen LogP contribution in [0, 0.1) is 17.2 Å². The van der Waals surface area contributed by atoms with Gasteiger partial charge >= 0.3 is 0 Å². The number of hydrogen-bond donors (Lipinski definition) is 1. The van der Waals surface area contributed by atoms with Crippen LogP contribution in [0.25, 0.3) is 10.9 Å². The number of anilines is 1. The highest BCUT2D eigenvalue weighted by Crippen LogP contribution is 2.31. The van der Waals surface area contributed by atoms with Gasteiger partial charge in [-0.1, -0.05) is 18.2 Å². The first-order valence-corrected chi connectivity index (χ1v) is 11.4. The number of aromatic nitrogens is 1. The van der Waals surface area contributed by atoms with Crippen molar-refractivity contribution in [3.63, 3.8) is 0 Å². The second-order valence-corrected chi connectivity index (χ2v) is 8.52. The lowest BCUT2D eigenvalue weighted by molar-refractivity contribution is -0.121. The fourth-order valence-corrected chi connectivity index (χ4v) is 4.49. The molecule has 0 unspecified atom stereocenters. The SMILES string of the molecule is N#Cc1ccc2cccc(NC(=O)C3CCN(CCc4ccc5c(c4)OCCO5)CC3)c2n1. The number of ether oxygens (including phenoxy) is 2. The third-order valence-electron chi connectivity index (χ3n) is 6.37. The van der Waals surface area contributed by atoms with Crippen LogP contribution in [0.4, 0.5) is 5.69 Å². The van der Waals surface area contributed by atoms with Gasteiger partial charge < -0.3 is 19.7 Å². The van der Waals surface area contributed by atoms with E-state index < -0.39 is 0 Å². The summed E-state index contributed by atoms with van der Waals surface area (Å²) in [6.07, 6.45) is 2.60. The number of benzene rings is 2. The number of likely N-dealkylation sites (tertiary alicyclic amines) is 1. The number of hydrogen-bond acceptors (Lipinski definition) is 6. The van der Waals surface area contributed by atoms with Crippen LogP contribution >= 0.6 is 0 Å². The average Bonchev–Trinajstić information content (AvgIpc) is 2.87. The van der Waals surface area contributed by atoms with Crippen molar-refractivity contribution in [2.45, 2.75) is 19.3 Å². The molecule has 3 aromatic rings. The number of para-hydroxylation sites is 1. The van der Waals surface area contributed by atoms with Gasteiger partial charge in [-0.25, -0.2) is 4.98 Å². The van der Waals surface area contributed by atoms with Gasteiger partial charge in [0.25, 0.3) is 0 Å². The molecule has 2 aliphatic rings. The van der Waals surface area contributed by atoms with E-state index in [1.807, 2.05) is 30.3 Å². The minimum absolute atomic E-state index is 0.0232. The molecule has 7 nitrogen and oxygen atoms in total. The predicted molar refractivity (Wildman–Crippen MR) is 125 cm³/mol. The summed E-state index contributed by atoms with van der Waals surface area (Å²) >= 11 is 0. The third-order valence-corrected chi connectivity index (χ3v) is 6.37. The lowest BCUT2D eigenvalue weighted by atomic mass is 9.95. The maximum absolute atomic E-state index is 12.9. The van der Waals surface area contributed by atoms with Crippen molar-refractivity contribution in [3.8, 4) is 17.6 Å². The van der Waals surface area contributed by atoms with E-state index in [0.29, 0.717) is 30.1 Å². The van der Waals surface area contributed by atoms with Crippen LogP contribution in [-0.4, -0.2) is 48.6 Å². The van der Waals surface area contributed by atoms with Crippen LogP contribution < -0.4 is 14.8 Å². The van der Waals surface area contributed by atoms with Crippen molar-refractivity contribution >= 4 is 22.5 Å². The van der Waals surface area contributed by atoms with Gasteiger partial charge in [-0.15, -0.1) is 0 Å².